The molecule has 0 aromatic carbocycles. The third-order valence-corrected chi connectivity index (χ3v) is 5.80. The van der Waals surface area contributed by atoms with Crippen molar-refractivity contribution in [2.75, 3.05) is 19.3 Å². The first kappa shape index (κ1) is 16.2. The Bertz CT molecular complexity index is 793. The first-order valence-electron chi connectivity index (χ1n) is 7.79. The summed E-state index contributed by atoms with van der Waals surface area (Å²) in [6.07, 6.45) is 6.60. The third-order valence-electron chi connectivity index (χ3n) is 4.68. The van der Waals surface area contributed by atoms with E-state index in [-0.39, 0.29) is 5.92 Å². The number of sulfone groups is 1. The van der Waals surface area contributed by atoms with Gasteiger partial charge in [0.15, 0.2) is 9.84 Å². The molecule has 1 saturated heterocycles. The van der Waals surface area contributed by atoms with Crippen molar-refractivity contribution in [2.45, 2.75) is 37.1 Å². The van der Waals surface area contributed by atoms with Crippen molar-refractivity contribution < 1.29 is 8.42 Å². The molecule has 1 fully saturated rings. The van der Waals surface area contributed by atoms with Crippen molar-refractivity contribution in [2.24, 2.45) is 7.05 Å². The van der Waals surface area contributed by atoms with Crippen LogP contribution in [0.3, 0.4) is 0 Å². The molecule has 0 amide bonds. The number of H-pyrrole nitrogens is 1. The topological polar surface area (TPSA) is 83.9 Å². The van der Waals surface area contributed by atoms with Gasteiger partial charge >= 0.3 is 0 Å². The lowest BCUT2D eigenvalue weighted by atomic mass is 9.94. The fourth-order valence-corrected chi connectivity index (χ4v) is 4.10. The van der Waals surface area contributed by atoms with E-state index in [9.17, 15) is 8.42 Å². The summed E-state index contributed by atoms with van der Waals surface area (Å²) in [7, 11) is -1.30. The number of nitrogens with one attached hydrogen (secondary N) is 1. The molecule has 1 aliphatic rings. The number of nitrogens with zero attached hydrogens (tertiary/aromatic N) is 4. The number of hydrogen-bond donors (Lipinski definition) is 1. The van der Waals surface area contributed by atoms with Crippen LogP contribution in [0.1, 0.15) is 35.7 Å². The predicted molar refractivity (Wildman–Crippen MR) is 86.9 cm³/mol. The van der Waals surface area contributed by atoms with Gasteiger partial charge in [0.25, 0.3) is 0 Å². The van der Waals surface area contributed by atoms with Crippen LogP contribution in [-0.4, -0.2) is 52.6 Å². The minimum absolute atomic E-state index is 0.174. The summed E-state index contributed by atoms with van der Waals surface area (Å²) in [5.41, 5.74) is 3.15. The summed E-state index contributed by atoms with van der Waals surface area (Å²) in [6, 6.07) is 0. The van der Waals surface area contributed by atoms with Gasteiger partial charge in [-0.3, -0.25) is 14.7 Å². The van der Waals surface area contributed by atoms with E-state index in [2.05, 4.69) is 27.1 Å². The molecule has 3 heterocycles. The lowest BCUT2D eigenvalue weighted by Gasteiger charge is -2.32. The second-order valence-electron chi connectivity index (χ2n) is 6.37. The zero-order chi connectivity index (χ0) is 16.6. The average molecular weight is 337 g/mol. The van der Waals surface area contributed by atoms with Gasteiger partial charge in [0, 0.05) is 43.6 Å². The summed E-state index contributed by atoms with van der Waals surface area (Å²) >= 11 is 0. The van der Waals surface area contributed by atoms with E-state index in [1.54, 1.807) is 0 Å². The molecule has 3 rings (SSSR count). The Hall–Kier alpha value is -1.67. The molecule has 2 aromatic heterocycles. The van der Waals surface area contributed by atoms with E-state index in [1.807, 2.05) is 17.9 Å². The zero-order valence-electron chi connectivity index (χ0n) is 13.8. The van der Waals surface area contributed by atoms with Crippen LogP contribution >= 0.6 is 0 Å². The highest BCUT2D eigenvalue weighted by atomic mass is 32.2. The van der Waals surface area contributed by atoms with E-state index < -0.39 is 9.84 Å². The first-order valence-corrected chi connectivity index (χ1v) is 9.68. The molecular formula is C15H23N5O2S. The Balaban J connectivity index is 1.77. The summed E-state index contributed by atoms with van der Waals surface area (Å²) in [5.74, 6) is 0.174. The van der Waals surface area contributed by atoms with E-state index in [0.29, 0.717) is 4.90 Å². The molecule has 0 unspecified atom stereocenters. The number of hydrogen-bond acceptors (Lipinski definition) is 5. The predicted octanol–water partition coefficient (Wildman–Crippen LogP) is 1.23. The minimum Gasteiger partial charge on any atom is -0.298 e. The van der Waals surface area contributed by atoms with Crippen LogP contribution < -0.4 is 0 Å². The van der Waals surface area contributed by atoms with Crippen molar-refractivity contribution in [3.05, 3.63) is 29.3 Å². The highest BCUT2D eigenvalue weighted by Crippen LogP contribution is 2.30. The van der Waals surface area contributed by atoms with E-state index in [4.69, 9.17) is 0 Å². The van der Waals surface area contributed by atoms with Crippen LogP contribution in [0.15, 0.2) is 17.3 Å². The van der Waals surface area contributed by atoms with Crippen molar-refractivity contribution >= 4 is 9.84 Å². The quantitative estimate of drug-likeness (QED) is 0.907. The lowest BCUT2D eigenvalue weighted by Crippen LogP contribution is -2.34. The molecule has 1 aliphatic heterocycles. The number of piperidine rings is 1. The van der Waals surface area contributed by atoms with Crippen molar-refractivity contribution in [3.8, 4) is 0 Å². The molecule has 0 bridgehead atoms. The summed E-state index contributed by atoms with van der Waals surface area (Å²) in [6.45, 7) is 4.77. The highest BCUT2D eigenvalue weighted by molar-refractivity contribution is 7.90. The zero-order valence-corrected chi connectivity index (χ0v) is 14.6. The summed E-state index contributed by atoms with van der Waals surface area (Å²) in [4.78, 5) is 2.70. The normalized spacial score (nSPS) is 20.0. The van der Waals surface area contributed by atoms with E-state index >= 15 is 0 Å². The number of aromatic nitrogens is 4. The molecule has 0 aliphatic carbocycles. The van der Waals surface area contributed by atoms with Crippen LogP contribution in [0.4, 0.5) is 0 Å². The van der Waals surface area contributed by atoms with Gasteiger partial charge in [0.2, 0.25) is 0 Å². The Labute approximate surface area is 136 Å². The molecule has 0 spiro atoms. The highest BCUT2D eigenvalue weighted by Gasteiger charge is 2.28. The Morgan fingerprint density at radius 1 is 1.39 bits per heavy atom. The van der Waals surface area contributed by atoms with Crippen molar-refractivity contribution in [1.82, 2.24) is 24.9 Å². The maximum absolute atomic E-state index is 11.9. The van der Waals surface area contributed by atoms with Crippen LogP contribution in [-0.2, 0) is 23.4 Å². The van der Waals surface area contributed by atoms with Gasteiger partial charge in [-0.2, -0.15) is 10.2 Å². The lowest BCUT2D eigenvalue weighted by molar-refractivity contribution is 0.197. The van der Waals surface area contributed by atoms with Crippen LogP contribution in [0.5, 0.6) is 0 Å². The Morgan fingerprint density at radius 3 is 2.83 bits per heavy atom. The maximum atomic E-state index is 11.9. The molecule has 1 atom stereocenters. The van der Waals surface area contributed by atoms with Gasteiger partial charge < -0.3 is 0 Å². The monoisotopic (exact) mass is 337 g/mol. The molecule has 0 radical (unpaired) electrons. The largest absolute Gasteiger partial charge is 0.298 e. The minimum atomic E-state index is -3.24. The number of aryl methyl sites for hydroxylation is 1. The Kier molecular flexibility index (Phi) is 4.29. The summed E-state index contributed by atoms with van der Waals surface area (Å²) < 4.78 is 25.7. The van der Waals surface area contributed by atoms with Gasteiger partial charge in [-0.1, -0.05) is 0 Å². The average Bonchev–Trinajstić information content (AvgIpc) is 3.10. The maximum Gasteiger partial charge on any atom is 0.178 e. The number of rotatable bonds is 4. The Morgan fingerprint density at radius 2 is 2.17 bits per heavy atom. The fraction of sp³-hybridized carbons (Fsp3) is 0.600. The molecule has 2 aromatic rings. The second kappa shape index (κ2) is 6.09. The smallest absolute Gasteiger partial charge is 0.178 e. The fourth-order valence-electron chi connectivity index (χ4n) is 3.25. The van der Waals surface area contributed by atoms with E-state index in [0.717, 1.165) is 38.2 Å². The van der Waals surface area contributed by atoms with Gasteiger partial charge in [0.05, 0.1) is 18.1 Å². The van der Waals surface area contributed by atoms with Gasteiger partial charge in [-0.15, -0.1) is 0 Å². The standard InChI is InChI=1S/C15H23N5O2S/c1-11-13(7-17-19(11)2)10-20-6-4-5-12(9-20)15-14(8-16-18-15)23(3,21)22/h7-8,12H,4-6,9-10H2,1-3H3,(H,16,18)/t12-/m1/s1. The van der Waals surface area contributed by atoms with Gasteiger partial charge in [-0.25, -0.2) is 8.42 Å². The van der Waals surface area contributed by atoms with Gasteiger partial charge in [0.1, 0.15) is 4.90 Å². The van der Waals surface area contributed by atoms with Crippen molar-refractivity contribution in [1.29, 1.82) is 0 Å². The molecule has 7 nitrogen and oxygen atoms in total. The number of aromatic amines is 1. The summed E-state index contributed by atoms with van der Waals surface area (Å²) in [5, 5.41) is 11.2. The molecule has 0 saturated carbocycles. The third kappa shape index (κ3) is 3.32. The van der Waals surface area contributed by atoms with Crippen LogP contribution in [0.2, 0.25) is 0 Å². The number of likely N-dealkylation sites (tertiary alicyclic amines) is 1. The van der Waals surface area contributed by atoms with Gasteiger partial charge in [-0.05, 0) is 26.3 Å². The SMILES string of the molecule is Cc1c(CN2CCC[C@@H](c3[nH]ncc3S(C)(=O)=O)C2)cnn1C. The molecule has 126 valence electrons. The van der Waals surface area contributed by atoms with Crippen LogP contribution in [0, 0.1) is 6.92 Å². The second-order valence-corrected chi connectivity index (χ2v) is 8.36. The molecule has 1 N–H and O–H groups in total. The van der Waals surface area contributed by atoms with Crippen LogP contribution in [0.25, 0.3) is 0 Å². The molecule has 8 heteroatoms. The molecule has 23 heavy (non-hydrogen) atoms. The van der Waals surface area contributed by atoms with Crippen molar-refractivity contribution in [3.63, 3.8) is 0 Å². The molecular weight excluding hydrogens is 314 g/mol. The first-order chi connectivity index (χ1) is 10.9. The van der Waals surface area contributed by atoms with E-state index in [1.165, 1.54) is 23.7 Å².